The molecule has 2 aromatic rings. The van der Waals surface area contributed by atoms with Gasteiger partial charge in [0, 0.05) is 18.8 Å². The van der Waals surface area contributed by atoms with Crippen LogP contribution in [0.15, 0.2) is 30.3 Å². The maximum absolute atomic E-state index is 12.3. The lowest BCUT2D eigenvalue weighted by molar-refractivity contribution is 0.101. The van der Waals surface area contributed by atoms with Crippen LogP contribution in [0.25, 0.3) is 0 Å². The average molecular weight is 286 g/mol. The molecule has 5 heteroatoms. The van der Waals surface area contributed by atoms with Gasteiger partial charge >= 0.3 is 0 Å². The molecule has 2 rings (SSSR count). The van der Waals surface area contributed by atoms with Crippen molar-refractivity contribution in [3.8, 4) is 0 Å². The quantitative estimate of drug-likeness (QED) is 0.888. The predicted octanol–water partition coefficient (Wildman–Crippen LogP) is 2.52. The largest absolute Gasteiger partial charge is 0.321 e. The number of aryl methyl sites for hydroxylation is 2. The molecular weight excluding hydrogens is 264 g/mol. The van der Waals surface area contributed by atoms with Crippen molar-refractivity contribution in [1.29, 1.82) is 0 Å². The normalized spacial score (nSPS) is 12.2. The number of rotatable bonds is 5. The Bertz CT molecular complexity index is 633. The lowest BCUT2D eigenvalue weighted by Crippen LogP contribution is -2.17. The van der Waals surface area contributed by atoms with E-state index in [1.165, 1.54) is 0 Å². The molecule has 0 bridgehead atoms. The fraction of sp³-hybridized carbons (Fsp3) is 0.375. The molecular formula is C16H22N4O. The number of hydrogen-bond acceptors (Lipinski definition) is 3. The Morgan fingerprint density at radius 2 is 2.14 bits per heavy atom. The first-order valence-corrected chi connectivity index (χ1v) is 7.16. The van der Waals surface area contributed by atoms with Crippen LogP contribution in [0.2, 0.25) is 0 Å². The standard InChI is InChI=1S/C16H22N4O/c1-5-13-10-15(20(4)19-13)16(21)18-14-8-6-7-12(9-14)11(2)17-3/h6-11,17H,5H2,1-4H3,(H,18,21). The third-order valence-electron chi connectivity index (χ3n) is 3.60. The molecule has 21 heavy (non-hydrogen) atoms. The van der Waals surface area contributed by atoms with E-state index in [1.54, 1.807) is 11.7 Å². The van der Waals surface area contributed by atoms with Gasteiger partial charge in [-0.3, -0.25) is 9.48 Å². The fourth-order valence-electron chi connectivity index (χ4n) is 2.16. The molecule has 1 atom stereocenters. The van der Waals surface area contributed by atoms with Gasteiger partial charge in [0.2, 0.25) is 0 Å². The summed E-state index contributed by atoms with van der Waals surface area (Å²) < 4.78 is 1.62. The van der Waals surface area contributed by atoms with E-state index in [4.69, 9.17) is 0 Å². The van der Waals surface area contributed by atoms with Gasteiger partial charge in [-0.2, -0.15) is 5.10 Å². The van der Waals surface area contributed by atoms with Crippen LogP contribution in [-0.4, -0.2) is 22.7 Å². The zero-order chi connectivity index (χ0) is 15.4. The van der Waals surface area contributed by atoms with Gasteiger partial charge in [-0.05, 0) is 44.2 Å². The molecule has 0 aliphatic carbocycles. The average Bonchev–Trinajstić information content (AvgIpc) is 2.88. The molecule has 0 aliphatic heterocycles. The minimum atomic E-state index is -0.140. The summed E-state index contributed by atoms with van der Waals surface area (Å²) in [6.45, 7) is 4.10. The van der Waals surface area contributed by atoms with Crippen LogP contribution in [0.5, 0.6) is 0 Å². The summed E-state index contributed by atoms with van der Waals surface area (Å²) in [5.74, 6) is -0.140. The van der Waals surface area contributed by atoms with Crippen LogP contribution in [0, 0.1) is 0 Å². The van der Waals surface area contributed by atoms with Crippen LogP contribution in [0.3, 0.4) is 0 Å². The van der Waals surface area contributed by atoms with E-state index in [2.05, 4.69) is 22.7 Å². The number of hydrogen-bond donors (Lipinski definition) is 2. The highest BCUT2D eigenvalue weighted by atomic mass is 16.2. The topological polar surface area (TPSA) is 59.0 Å². The van der Waals surface area contributed by atoms with Crippen LogP contribution in [-0.2, 0) is 13.5 Å². The maximum Gasteiger partial charge on any atom is 0.273 e. The Morgan fingerprint density at radius 1 is 1.38 bits per heavy atom. The van der Waals surface area contributed by atoms with Gasteiger partial charge in [0.25, 0.3) is 5.91 Å². The summed E-state index contributed by atoms with van der Waals surface area (Å²) >= 11 is 0. The van der Waals surface area contributed by atoms with Crippen molar-refractivity contribution in [2.75, 3.05) is 12.4 Å². The zero-order valence-corrected chi connectivity index (χ0v) is 13.0. The maximum atomic E-state index is 12.3. The van der Waals surface area contributed by atoms with Gasteiger partial charge in [-0.25, -0.2) is 0 Å². The third-order valence-corrected chi connectivity index (χ3v) is 3.60. The van der Waals surface area contributed by atoms with Crippen LogP contribution >= 0.6 is 0 Å². The molecule has 2 N–H and O–H groups in total. The summed E-state index contributed by atoms with van der Waals surface area (Å²) in [5.41, 5.74) is 3.41. The lowest BCUT2D eigenvalue weighted by Gasteiger charge is -2.12. The molecule has 0 radical (unpaired) electrons. The SMILES string of the molecule is CCc1cc(C(=O)Nc2cccc(C(C)NC)c2)n(C)n1. The number of amides is 1. The smallest absolute Gasteiger partial charge is 0.273 e. The summed E-state index contributed by atoms with van der Waals surface area (Å²) in [6.07, 6.45) is 0.816. The summed E-state index contributed by atoms with van der Waals surface area (Å²) in [4.78, 5) is 12.3. The number of benzene rings is 1. The van der Waals surface area contributed by atoms with Crippen molar-refractivity contribution >= 4 is 11.6 Å². The molecule has 5 nitrogen and oxygen atoms in total. The lowest BCUT2D eigenvalue weighted by atomic mass is 10.1. The van der Waals surface area contributed by atoms with Crippen molar-refractivity contribution in [3.63, 3.8) is 0 Å². The Hall–Kier alpha value is -2.14. The molecule has 112 valence electrons. The van der Waals surface area contributed by atoms with E-state index in [-0.39, 0.29) is 11.9 Å². The van der Waals surface area contributed by atoms with Gasteiger partial charge in [0.1, 0.15) is 5.69 Å². The van der Waals surface area contributed by atoms with E-state index < -0.39 is 0 Å². The molecule has 1 aromatic heterocycles. The number of aromatic nitrogens is 2. The van der Waals surface area contributed by atoms with E-state index in [1.807, 2.05) is 44.3 Å². The van der Waals surface area contributed by atoms with Gasteiger partial charge in [-0.1, -0.05) is 19.1 Å². The second-order valence-electron chi connectivity index (χ2n) is 5.09. The Morgan fingerprint density at radius 3 is 2.76 bits per heavy atom. The highest BCUT2D eigenvalue weighted by molar-refractivity contribution is 6.03. The second kappa shape index (κ2) is 6.54. The van der Waals surface area contributed by atoms with Crippen LogP contribution < -0.4 is 10.6 Å². The number of nitrogens with one attached hydrogen (secondary N) is 2. The number of carbonyl (C=O) groups excluding carboxylic acids is 1. The van der Waals surface area contributed by atoms with Gasteiger partial charge in [-0.15, -0.1) is 0 Å². The van der Waals surface area contributed by atoms with Crippen molar-refractivity contribution in [2.45, 2.75) is 26.3 Å². The highest BCUT2D eigenvalue weighted by Gasteiger charge is 2.13. The first-order valence-electron chi connectivity index (χ1n) is 7.16. The van der Waals surface area contributed by atoms with Crippen molar-refractivity contribution < 1.29 is 4.79 Å². The van der Waals surface area contributed by atoms with E-state index in [9.17, 15) is 4.79 Å². The monoisotopic (exact) mass is 286 g/mol. The molecule has 0 aliphatic rings. The van der Waals surface area contributed by atoms with Crippen LogP contribution in [0.1, 0.15) is 41.6 Å². The molecule has 1 aromatic carbocycles. The zero-order valence-electron chi connectivity index (χ0n) is 13.0. The number of nitrogens with zero attached hydrogens (tertiary/aromatic N) is 2. The van der Waals surface area contributed by atoms with Crippen molar-refractivity contribution in [2.24, 2.45) is 7.05 Å². The molecule has 1 amide bonds. The molecule has 0 saturated heterocycles. The van der Waals surface area contributed by atoms with Crippen molar-refractivity contribution in [3.05, 3.63) is 47.3 Å². The van der Waals surface area contributed by atoms with E-state index in [0.29, 0.717) is 5.69 Å². The number of carbonyl (C=O) groups is 1. The summed E-state index contributed by atoms with van der Waals surface area (Å²) in [5, 5.41) is 10.4. The van der Waals surface area contributed by atoms with E-state index >= 15 is 0 Å². The number of anilines is 1. The Labute approximate surface area is 125 Å². The fourth-order valence-corrected chi connectivity index (χ4v) is 2.16. The van der Waals surface area contributed by atoms with Crippen LogP contribution in [0.4, 0.5) is 5.69 Å². The van der Waals surface area contributed by atoms with Gasteiger partial charge in [0.15, 0.2) is 0 Å². The van der Waals surface area contributed by atoms with Crippen molar-refractivity contribution in [1.82, 2.24) is 15.1 Å². The molecule has 0 fully saturated rings. The second-order valence-corrected chi connectivity index (χ2v) is 5.09. The molecule has 1 unspecified atom stereocenters. The molecule has 1 heterocycles. The Kier molecular flexibility index (Phi) is 4.75. The Balaban J connectivity index is 2.17. The minimum absolute atomic E-state index is 0.140. The molecule has 0 saturated carbocycles. The van der Waals surface area contributed by atoms with Gasteiger partial charge in [0.05, 0.1) is 5.69 Å². The third kappa shape index (κ3) is 3.49. The van der Waals surface area contributed by atoms with E-state index in [0.717, 1.165) is 23.4 Å². The molecule has 0 spiro atoms. The predicted molar refractivity (Wildman–Crippen MR) is 84.5 cm³/mol. The highest BCUT2D eigenvalue weighted by Crippen LogP contribution is 2.18. The first kappa shape index (κ1) is 15.3. The van der Waals surface area contributed by atoms with Gasteiger partial charge < -0.3 is 10.6 Å². The minimum Gasteiger partial charge on any atom is -0.321 e. The summed E-state index contributed by atoms with van der Waals surface area (Å²) in [6, 6.07) is 9.92. The first-order chi connectivity index (χ1) is 10.0. The summed E-state index contributed by atoms with van der Waals surface area (Å²) in [7, 11) is 3.70.